The highest BCUT2D eigenvalue weighted by molar-refractivity contribution is 9.11. The van der Waals surface area contributed by atoms with Gasteiger partial charge in [-0.05, 0) is 141 Å². The number of aryl methyl sites for hydroxylation is 2. The fourth-order valence-corrected chi connectivity index (χ4v) is 12.5. The number of aromatic nitrogens is 2. The molecular formula is C54H48Br2N2O6. The standard InChI is InChI=1S/C54H48Br2N2O6/c1-7-11-13-27(9-3)23-57-51(59)33-19-29-31-15-25(5)17-37(55)49(31)64-40-22-36-42-34(52(60)58(54(36)62)24-28(10-4)14-12-8-2)20-30-32-16-26(6)18-38(56)50(32)63-39-21-35(53(57)61)41(33)47-43(29)46(40)48(42)44(30)45(39)47/h15-22,27-28H,7-14,23-24H2,1-6H3. The molecule has 8 nitrogen and oxygen atoms in total. The van der Waals surface area contributed by atoms with Crippen molar-refractivity contribution >= 4 is 140 Å². The number of unbranched alkanes of at least 4 members (excludes halogenated alkanes) is 2. The van der Waals surface area contributed by atoms with Crippen LogP contribution in [0.15, 0.2) is 85.5 Å². The smallest absolute Gasteiger partial charge is 0.261 e. The Labute approximate surface area is 384 Å². The Kier molecular flexibility index (Phi) is 9.78. The number of hydrogen-bond acceptors (Lipinski definition) is 6. The van der Waals surface area contributed by atoms with Crippen molar-refractivity contribution in [1.82, 2.24) is 9.13 Å². The maximum Gasteiger partial charge on any atom is 0.261 e. The molecule has 4 heterocycles. The van der Waals surface area contributed by atoms with Crippen LogP contribution >= 0.6 is 31.9 Å². The molecule has 0 aliphatic carbocycles. The van der Waals surface area contributed by atoms with Crippen LogP contribution in [0.4, 0.5) is 0 Å². The zero-order valence-corrected chi connectivity index (χ0v) is 40.1. The van der Waals surface area contributed by atoms with Crippen molar-refractivity contribution < 1.29 is 8.83 Å². The maximum absolute atomic E-state index is 15.2. The molecule has 0 radical (unpaired) electrons. The van der Waals surface area contributed by atoms with Gasteiger partial charge >= 0.3 is 0 Å². The predicted octanol–water partition coefficient (Wildman–Crippen LogP) is 14.3. The van der Waals surface area contributed by atoms with E-state index >= 15 is 19.2 Å². The molecular weight excluding hydrogens is 932 g/mol. The highest BCUT2D eigenvalue weighted by Gasteiger charge is 2.31. The van der Waals surface area contributed by atoms with Gasteiger partial charge in [-0.2, -0.15) is 0 Å². The lowest BCUT2D eigenvalue weighted by Crippen LogP contribution is -2.35. The SMILES string of the molecule is CCCCC(CC)Cn1c(=O)c2cc3oc4c(Br)cc(C)cc4c4cc5c(=O)n(CC(CC)CCCC)c(=O)c6cc7oc8c(Br)cc(C)cc8c8cc(c1=O)c2c1c3c4c(c65)c7c81. The second kappa shape index (κ2) is 15.1. The molecule has 324 valence electrons. The van der Waals surface area contributed by atoms with E-state index in [0.717, 1.165) is 125 Å². The normalized spacial score (nSPS) is 13.8. The van der Waals surface area contributed by atoms with Gasteiger partial charge in [0.25, 0.3) is 22.2 Å². The van der Waals surface area contributed by atoms with Gasteiger partial charge < -0.3 is 8.83 Å². The summed E-state index contributed by atoms with van der Waals surface area (Å²) in [5.41, 5.74) is 2.68. The quantitative estimate of drug-likeness (QED) is 0.0892. The van der Waals surface area contributed by atoms with Crippen LogP contribution in [0.1, 0.15) is 90.2 Å². The molecule has 4 aromatic heterocycles. The number of benzene rings is 7. The third kappa shape index (κ3) is 5.76. The van der Waals surface area contributed by atoms with E-state index in [4.69, 9.17) is 8.83 Å². The molecule has 0 spiro atoms. The Morgan fingerprint density at radius 1 is 0.453 bits per heavy atom. The van der Waals surface area contributed by atoms with E-state index in [-0.39, 0.29) is 34.1 Å². The van der Waals surface area contributed by atoms with Crippen LogP contribution in [0.3, 0.4) is 0 Å². The summed E-state index contributed by atoms with van der Waals surface area (Å²) in [6.45, 7) is 13.3. The minimum Gasteiger partial charge on any atom is -0.455 e. The number of halogens is 2. The Hall–Kier alpha value is -5.32. The minimum atomic E-state index is -0.341. The third-order valence-electron chi connectivity index (χ3n) is 14.5. The molecule has 2 unspecified atom stereocenters. The van der Waals surface area contributed by atoms with Crippen LogP contribution in [-0.4, -0.2) is 9.13 Å². The summed E-state index contributed by atoms with van der Waals surface area (Å²) in [6.07, 6.45) is 7.62. The lowest BCUT2D eigenvalue weighted by molar-refractivity contribution is 0.382. The van der Waals surface area contributed by atoms with Crippen LogP contribution in [0.2, 0.25) is 0 Å². The van der Waals surface area contributed by atoms with Gasteiger partial charge in [0.05, 0.1) is 19.7 Å². The molecule has 7 aromatic carbocycles. The van der Waals surface area contributed by atoms with Crippen LogP contribution < -0.4 is 22.2 Å². The van der Waals surface area contributed by atoms with Crippen LogP contribution in [0.5, 0.6) is 0 Å². The monoisotopic (exact) mass is 978 g/mol. The molecule has 0 bridgehead atoms. The van der Waals surface area contributed by atoms with Gasteiger partial charge in [0.2, 0.25) is 0 Å². The number of rotatable bonds is 12. The van der Waals surface area contributed by atoms with Gasteiger partial charge in [0, 0.05) is 77.7 Å². The molecule has 0 amide bonds. The summed E-state index contributed by atoms with van der Waals surface area (Å²) < 4.78 is 18.6. The summed E-state index contributed by atoms with van der Waals surface area (Å²) in [7, 11) is 0. The van der Waals surface area contributed by atoms with Crippen molar-refractivity contribution in [2.45, 2.75) is 106 Å². The number of fused-ring (bicyclic) bond motifs is 4. The Balaban J connectivity index is 1.47. The van der Waals surface area contributed by atoms with E-state index in [1.165, 1.54) is 9.13 Å². The Morgan fingerprint density at radius 3 is 1.19 bits per heavy atom. The van der Waals surface area contributed by atoms with E-state index in [9.17, 15) is 0 Å². The first-order chi connectivity index (χ1) is 30.9. The van der Waals surface area contributed by atoms with Crippen molar-refractivity contribution in [2.24, 2.45) is 11.8 Å². The molecule has 64 heavy (non-hydrogen) atoms. The molecule has 0 saturated carbocycles. The van der Waals surface area contributed by atoms with Gasteiger partial charge in [-0.25, -0.2) is 0 Å². The predicted molar refractivity (Wildman–Crippen MR) is 272 cm³/mol. The Bertz CT molecular complexity index is 3750. The van der Waals surface area contributed by atoms with Gasteiger partial charge in [0.1, 0.15) is 22.3 Å². The van der Waals surface area contributed by atoms with Gasteiger partial charge in [-0.15, -0.1) is 0 Å². The van der Waals surface area contributed by atoms with E-state index < -0.39 is 0 Å². The zero-order chi connectivity index (χ0) is 44.6. The molecule has 0 aliphatic rings. The lowest BCUT2D eigenvalue weighted by atomic mass is 9.82. The second-order valence-electron chi connectivity index (χ2n) is 18.5. The first-order valence-electron chi connectivity index (χ1n) is 22.9. The van der Waals surface area contributed by atoms with Crippen LogP contribution in [0.25, 0.3) is 109 Å². The first kappa shape index (κ1) is 41.4. The van der Waals surface area contributed by atoms with Crippen molar-refractivity contribution in [3.63, 3.8) is 0 Å². The van der Waals surface area contributed by atoms with E-state index in [2.05, 4.69) is 71.7 Å². The zero-order valence-electron chi connectivity index (χ0n) is 36.9. The summed E-state index contributed by atoms with van der Waals surface area (Å²) in [4.78, 5) is 60.5. The molecule has 10 heteroatoms. The first-order valence-corrected chi connectivity index (χ1v) is 24.5. The van der Waals surface area contributed by atoms with Crippen LogP contribution in [0, 0.1) is 25.7 Å². The van der Waals surface area contributed by atoms with Gasteiger partial charge in [-0.1, -0.05) is 66.2 Å². The number of pyridine rings is 2. The topological polar surface area (TPSA) is 104 Å². The molecule has 0 saturated heterocycles. The lowest BCUT2D eigenvalue weighted by Gasteiger charge is -2.21. The fraction of sp³-hybridized carbons (Fsp3) is 0.333. The summed E-state index contributed by atoms with van der Waals surface area (Å²) in [5, 5.41) is 10.4. The molecule has 11 rings (SSSR count). The van der Waals surface area contributed by atoms with Gasteiger partial charge in [0.15, 0.2) is 0 Å². The van der Waals surface area contributed by atoms with Crippen molar-refractivity contribution in [3.8, 4) is 0 Å². The second-order valence-corrected chi connectivity index (χ2v) is 20.2. The fourth-order valence-electron chi connectivity index (χ4n) is 11.2. The van der Waals surface area contributed by atoms with E-state index in [1.807, 2.05) is 50.2 Å². The third-order valence-corrected chi connectivity index (χ3v) is 15.7. The molecule has 2 atom stereocenters. The molecule has 0 aliphatic heterocycles. The van der Waals surface area contributed by atoms with E-state index in [1.54, 1.807) is 0 Å². The maximum atomic E-state index is 15.2. The molecule has 11 aromatic rings. The van der Waals surface area contributed by atoms with Crippen molar-refractivity contribution in [3.05, 3.63) is 110 Å². The molecule has 0 fully saturated rings. The Morgan fingerprint density at radius 2 is 0.828 bits per heavy atom. The van der Waals surface area contributed by atoms with Gasteiger partial charge in [-0.3, -0.25) is 28.3 Å². The highest BCUT2D eigenvalue weighted by Crippen LogP contribution is 2.53. The number of hydrogen-bond donors (Lipinski definition) is 0. The summed E-state index contributed by atoms with van der Waals surface area (Å²) in [6, 6.07) is 15.7. The minimum absolute atomic E-state index is 0.155. The average molecular weight is 981 g/mol. The largest absolute Gasteiger partial charge is 0.455 e. The number of nitrogens with zero attached hydrogens (tertiary/aromatic N) is 2. The van der Waals surface area contributed by atoms with E-state index in [0.29, 0.717) is 67.7 Å². The highest BCUT2D eigenvalue weighted by atomic mass is 79.9. The van der Waals surface area contributed by atoms with Crippen molar-refractivity contribution in [1.29, 1.82) is 0 Å². The summed E-state index contributed by atoms with van der Waals surface area (Å²) in [5.74, 6) is 0.310. The van der Waals surface area contributed by atoms with Crippen LogP contribution in [-0.2, 0) is 13.1 Å². The average Bonchev–Trinajstić information content (AvgIpc) is 3.51. The van der Waals surface area contributed by atoms with Crippen molar-refractivity contribution in [2.75, 3.05) is 0 Å². The molecule has 0 N–H and O–H groups in total. The summed E-state index contributed by atoms with van der Waals surface area (Å²) >= 11 is 7.71.